The fraction of sp³-hybridized carbons (Fsp3) is 0.0909. The zero-order valence-electron chi connectivity index (χ0n) is 29.8. The topological polar surface area (TPSA) is 117 Å². The molecule has 0 fully saturated rings. The summed E-state index contributed by atoms with van der Waals surface area (Å²) in [6.07, 6.45) is 3.50. The molecule has 6 aromatic carbocycles. The molecule has 0 aliphatic rings. The maximum absolute atomic E-state index is 12.6. The van der Waals surface area contributed by atoms with Crippen molar-refractivity contribution in [3.8, 4) is 0 Å². The fourth-order valence-corrected chi connectivity index (χ4v) is 5.11. The summed E-state index contributed by atoms with van der Waals surface area (Å²) in [5.74, 6) is -0.0882. The molecule has 8 heteroatoms. The van der Waals surface area contributed by atoms with Crippen LogP contribution in [0.25, 0.3) is 0 Å². The minimum absolute atomic E-state index is 0.0441. The summed E-state index contributed by atoms with van der Waals surface area (Å²) in [5, 5.41) is 0. The van der Waals surface area contributed by atoms with Crippen LogP contribution in [0.3, 0.4) is 0 Å². The minimum atomic E-state index is -0.0441. The summed E-state index contributed by atoms with van der Waals surface area (Å²) in [6.45, 7) is 0. The highest BCUT2D eigenvalue weighted by molar-refractivity contribution is 6.10. The second kappa shape index (κ2) is 17.2. The lowest BCUT2D eigenvalue weighted by molar-refractivity contribution is 0.103. The van der Waals surface area contributed by atoms with E-state index in [2.05, 4.69) is 9.98 Å². The van der Waals surface area contributed by atoms with Crippen LogP contribution >= 0.6 is 0 Å². The van der Waals surface area contributed by atoms with Crippen molar-refractivity contribution in [2.45, 2.75) is 0 Å². The van der Waals surface area contributed by atoms with Gasteiger partial charge in [-0.3, -0.25) is 19.6 Å². The first-order valence-corrected chi connectivity index (χ1v) is 16.7. The normalized spacial score (nSPS) is 10.8. The Kier molecular flexibility index (Phi) is 12.1. The van der Waals surface area contributed by atoms with Gasteiger partial charge in [0.05, 0.1) is 22.7 Å². The standard InChI is InChI=1S/2C22H21N3O/c2*1-25(2)19-11-8-16(9-12-19)15-24-21-14-18(10-13-20(21)23)22(26)17-6-4-3-5-7-17/h2*3-15H,23H2,1-2H3. The summed E-state index contributed by atoms with van der Waals surface area (Å²) < 4.78 is 0. The van der Waals surface area contributed by atoms with Crippen molar-refractivity contribution >= 4 is 58.1 Å². The van der Waals surface area contributed by atoms with Crippen LogP contribution in [0.2, 0.25) is 0 Å². The number of rotatable bonds is 10. The van der Waals surface area contributed by atoms with Crippen molar-refractivity contribution in [3.05, 3.63) is 179 Å². The van der Waals surface area contributed by atoms with E-state index in [0.717, 1.165) is 22.5 Å². The molecular weight excluding hydrogens is 645 g/mol. The van der Waals surface area contributed by atoms with Crippen molar-refractivity contribution in [3.63, 3.8) is 0 Å². The van der Waals surface area contributed by atoms with E-state index in [1.807, 2.05) is 123 Å². The van der Waals surface area contributed by atoms with Crippen LogP contribution in [-0.2, 0) is 0 Å². The summed E-state index contributed by atoms with van der Waals surface area (Å²) >= 11 is 0. The molecule has 260 valence electrons. The second-order valence-electron chi connectivity index (χ2n) is 12.4. The molecule has 0 unspecified atom stereocenters. The predicted molar refractivity (Wildman–Crippen MR) is 218 cm³/mol. The Bertz CT molecular complexity index is 2020. The number of ketones is 2. The number of hydrogen-bond acceptors (Lipinski definition) is 8. The second-order valence-corrected chi connectivity index (χ2v) is 12.4. The molecule has 0 radical (unpaired) electrons. The van der Waals surface area contributed by atoms with Gasteiger partial charge in [0.1, 0.15) is 0 Å². The first kappa shape index (κ1) is 36.5. The van der Waals surface area contributed by atoms with Gasteiger partial charge in [-0.2, -0.15) is 0 Å². The van der Waals surface area contributed by atoms with Crippen LogP contribution in [0.5, 0.6) is 0 Å². The number of hydrogen-bond donors (Lipinski definition) is 2. The first-order valence-electron chi connectivity index (χ1n) is 16.7. The summed E-state index contributed by atoms with van der Waals surface area (Å²) in [6, 6.07) is 44.8. The highest BCUT2D eigenvalue weighted by Gasteiger charge is 2.12. The molecule has 0 saturated heterocycles. The van der Waals surface area contributed by atoms with Gasteiger partial charge in [0, 0.05) is 74.2 Å². The van der Waals surface area contributed by atoms with Crippen LogP contribution in [0.15, 0.2) is 156 Å². The number of carbonyl (C=O) groups is 2. The van der Waals surface area contributed by atoms with E-state index in [4.69, 9.17) is 11.5 Å². The molecule has 0 bridgehead atoms. The van der Waals surface area contributed by atoms with Crippen LogP contribution in [0, 0.1) is 0 Å². The van der Waals surface area contributed by atoms with Gasteiger partial charge in [-0.1, -0.05) is 84.9 Å². The maximum Gasteiger partial charge on any atom is 0.193 e. The van der Waals surface area contributed by atoms with Gasteiger partial charge in [0.25, 0.3) is 0 Å². The molecule has 0 aliphatic heterocycles. The van der Waals surface area contributed by atoms with Crippen molar-refractivity contribution in [2.75, 3.05) is 49.5 Å². The molecule has 52 heavy (non-hydrogen) atoms. The average molecular weight is 687 g/mol. The van der Waals surface area contributed by atoms with Crippen molar-refractivity contribution in [2.24, 2.45) is 9.98 Å². The molecule has 0 saturated carbocycles. The summed E-state index contributed by atoms with van der Waals surface area (Å²) in [4.78, 5) is 38.2. The average Bonchev–Trinajstić information content (AvgIpc) is 3.18. The molecule has 6 rings (SSSR count). The van der Waals surface area contributed by atoms with Crippen LogP contribution in [0.1, 0.15) is 43.0 Å². The van der Waals surface area contributed by atoms with Gasteiger partial charge in [0.2, 0.25) is 0 Å². The lowest BCUT2D eigenvalue weighted by Gasteiger charge is -2.11. The largest absolute Gasteiger partial charge is 0.397 e. The van der Waals surface area contributed by atoms with Crippen molar-refractivity contribution in [1.29, 1.82) is 0 Å². The van der Waals surface area contributed by atoms with Gasteiger partial charge < -0.3 is 21.3 Å². The zero-order valence-corrected chi connectivity index (χ0v) is 29.8. The van der Waals surface area contributed by atoms with E-state index in [0.29, 0.717) is 45.0 Å². The Morgan fingerprint density at radius 1 is 0.462 bits per heavy atom. The molecule has 8 nitrogen and oxygen atoms in total. The van der Waals surface area contributed by atoms with Crippen LogP contribution in [0.4, 0.5) is 34.1 Å². The molecular formula is C44H42N6O2. The quantitative estimate of drug-likeness (QED) is 0.0847. The Morgan fingerprint density at radius 3 is 1.13 bits per heavy atom. The Hall–Kier alpha value is -6.80. The van der Waals surface area contributed by atoms with E-state index in [9.17, 15) is 9.59 Å². The van der Waals surface area contributed by atoms with E-state index < -0.39 is 0 Å². The molecule has 0 amide bonds. The van der Waals surface area contributed by atoms with E-state index in [-0.39, 0.29) is 11.6 Å². The van der Waals surface area contributed by atoms with Crippen molar-refractivity contribution < 1.29 is 9.59 Å². The maximum atomic E-state index is 12.6. The molecule has 6 aromatic rings. The molecule has 0 atom stereocenters. The molecule has 0 heterocycles. The number of aliphatic imine (C=N–C) groups is 2. The number of nitrogens with zero attached hydrogens (tertiary/aromatic N) is 4. The Morgan fingerprint density at radius 2 is 0.808 bits per heavy atom. The van der Waals surface area contributed by atoms with E-state index in [1.54, 1.807) is 73.1 Å². The zero-order chi connectivity index (χ0) is 37.0. The minimum Gasteiger partial charge on any atom is -0.397 e. The highest BCUT2D eigenvalue weighted by Crippen LogP contribution is 2.26. The Labute approximate surface area is 305 Å². The third kappa shape index (κ3) is 9.67. The molecule has 4 N–H and O–H groups in total. The summed E-state index contributed by atoms with van der Waals surface area (Å²) in [5.41, 5.74) is 20.9. The van der Waals surface area contributed by atoms with Gasteiger partial charge in [0.15, 0.2) is 11.6 Å². The van der Waals surface area contributed by atoms with Gasteiger partial charge >= 0.3 is 0 Å². The SMILES string of the molecule is CN(C)c1ccc(C=Nc2cc(C(=O)c3ccccc3)ccc2N)cc1.CN(C)c1ccc(C=Nc2cc(C(=O)c3ccccc3)ccc2N)cc1. The number of nitrogens with two attached hydrogens (primary N) is 2. The van der Waals surface area contributed by atoms with Crippen molar-refractivity contribution in [1.82, 2.24) is 0 Å². The first-order chi connectivity index (χ1) is 25.1. The lowest BCUT2D eigenvalue weighted by Crippen LogP contribution is -2.08. The summed E-state index contributed by atoms with van der Waals surface area (Å²) in [7, 11) is 8.00. The fourth-order valence-electron chi connectivity index (χ4n) is 5.11. The smallest absolute Gasteiger partial charge is 0.193 e. The van der Waals surface area contributed by atoms with Gasteiger partial charge in [-0.25, -0.2) is 0 Å². The molecule has 0 aromatic heterocycles. The third-order valence-electron chi connectivity index (χ3n) is 8.18. The predicted octanol–water partition coefficient (Wildman–Crippen LogP) is 8.63. The Balaban J connectivity index is 0.000000201. The molecule has 0 aliphatic carbocycles. The third-order valence-corrected chi connectivity index (χ3v) is 8.18. The highest BCUT2D eigenvalue weighted by atomic mass is 16.1. The number of carbonyl (C=O) groups excluding carboxylic acids is 2. The van der Waals surface area contributed by atoms with Crippen LogP contribution < -0.4 is 21.3 Å². The van der Waals surface area contributed by atoms with E-state index in [1.165, 1.54) is 0 Å². The van der Waals surface area contributed by atoms with Crippen LogP contribution in [-0.4, -0.2) is 52.2 Å². The number of anilines is 4. The number of nitrogen functional groups attached to an aromatic ring is 2. The van der Waals surface area contributed by atoms with Gasteiger partial charge in [-0.15, -0.1) is 0 Å². The van der Waals surface area contributed by atoms with E-state index >= 15 is 0 Å². The number of benzene rings is 6. The van der Waals surface area contributed by atoms with Gasteiger partial charge in [-0.05, 0) is 71.8 Å². The lowest BCUT2D eigenvalue weighted by atomic mass is 10.0. The monoisotopic (exact) mass is 686 g/mol. The molecule has 0 spiro atoms.